The van der Waals surface area contributed by atoms with Crippen LogP contribution in [0.3, 0.4) is 0 Å². The number of halogens is 1. The number of nitrogens with zero attached hydrogens (tertiary/aromatic N) is 3. The van der Waals surface area contributed by atoms with Crippen molar-refractivity contribution < 1.29 is 28.2 Å². The molecule has 0 fully saturated rings. The highest BCUT2D eigenvalue weighted by molar-refractivity contribution is 6.04. The van der Waals surface area contributed by atoms with Gasteiger partial charge in [0.1, 0.15) is 30.5 Å². The number of cyclic esters (lactones) is 1. The Balaban J connectivity index is 1.45. The first-order valence-corrected chi connectivity index (χ1v) is 11.8. The third-order valence-electron chi connectivity index (χ3n) is 5.81. The highest BCUT2D eigenvalue weighted by atomic mass is 19.1. The summed E-state index contributed by atoms with van der Waals surface area (Å²) in [4.78, 5) is 37.3. The minimum atomic E-state index is -0.584. The van der Waals surface area contributed by atoms with E-state index in [4.69, 9.17) is 9.47 Å². The van der Waals surface area contributed by atoms with Crippen LogP contribution in [-0.2, 0) is 18.0 Å². The number of benzene rings is 3. The van der Waals surface area contributed by atoms with Gasteiger partial charge in [-0.3, -0.25) is 9.59 Å². The SMILES string of the molecule is CCNC(=O)c1ccc(-n2nnc(C(=O)Nc3ccc4c(c3)C(=O)OC4)c2COc2cccc(F)c2)cc1. The van der Waals surface area contributed by atoms with E-state index in [0.717, 1.165) is 5.56 Å². The number of amides is 2. The number of esters is 1. The molecule has 1 aliphatic rings. The van der Waals surface area contributed by atoms with Crippen LogP contribution in [0.25, 0.3) is 5.69 Å². The predicted molar refractivity (Wildman–Crippen MR) is 134 cm³/mol. The molecule has 3 aromatic carbocycles. The van der Waals surface area contributed by atoms with Gasteiger partial charge in [0.15, 0.2) is 5.69 Å². The number of hydrogen-bond acceptors (Lipinski definition) is 7. The van der Waals surface area contributed by atoms with Crippen molar-refractivity contribution in [3.63, 3.8) is 0 Å². The second-order valence-corrected chi connectivity index (χ2v) is 8.35. The van der Waals surface area contributed by atoms with Crippen LogP contribution >= 0.6 is 0 Å². The van der Waals surface area contributed by atoms with Gasteiger partial charge in [-0.05, 0) is 55.5 Å². The first-order chi connectivity index (χ1) is 18.4. The van der Waals surface area contributed by atoms with E-state index in [1.165, 1.54) is 28.9 Å². The van der Waals surface area contributed by atoms with E-state index in [9.17, 15) is 18.8 Å². The molecule has 2 heterocycles. The molecule has 4 aromatic rings. The molecule has 11 heteroatoms. The number of anilines is 1. The zero-order valence-electron chi connectivity index (χ0n) is 20.2. The molecule has 0 aliphatic carbocycles. The normalized spacial score (nSPS) is 12.0. The summed E-state index contributed by atoms with van der Waals surface area (Å²) in [6.07, 6.45) is 0. The molecular weight excluding hydrogens is 493 g/mol. The van der Waals surface area contributed by atoms with E-state index in [2.05, 4.69) is 20.9 Å². The molecular formula is C27H22FN5O5. The molecule has 10 nitrogen and oxygen atoms in total. The van der Waals surface area contributed by atoms with E-state index < -0.39 is 17.7 Å². The Morgan fingerprint density at radius 3 is 2.66 bits per heavy atom. The van der Waals surface area contributed by atoms with Crippen LogP contribution in [0.2, 0.25) is 0 Å². The number of nitrogens with one attached hydrogen (secondary N) is 2. The summed E-state index contributed by atoms with van der Waals surface area (Å²) in [6, 6.07) is 17.1. The Morgan fingerprint density at radius 2 is 1.89 bits per heavy atom. The molecule has 0 unspecified atom stereocenters. The van der Waals surface area contributed by atoms with Crippen molar-refractivity contribution in [1.29, 1.82) is 0 Å². The lowest BCUT2D eigenvalue weighted by molar-refractivity contribution is 0.0534. The van der Waals surface area contributed by atoms with Gasteiger partial charge in [0.2, 0.25) is 0 Å². The molecule has 192 valence electrons. The van der Waals surface area contributed by atoms with Crippen molar-refractivity contribution in [3.8, 4) is 11.4 Å². The van der Waals surface area contributed by atoms with Gasteiger partial charge in [-0.1, -0.05) is 17.3 Å². The summed E-state index contributed by atoms with van der Waals surface area (Å²) >= 11 is 0. The van der Waals surface area contributed by atoms with Crippen LogP contribution in [0, 0.1) is 5.82 Å². The molecule has 0 atom stereocenters. The minimum absolute atomic E-state index is 0.0303. The van der Waals surface area contributed by atoms with Crippen molar-refractivity contribution in [3.05, 3.63) is 101 Å². The van der Waals surface area contributed by atoms with Crippen molar-refractivity contribution in [1.82, 2.24) is 20.3 Å². The van der Waals surface area contributed by atoms with E-state index in [1.54, 1.807) is 42.5 Å². The Bertz CT molecular complexity index is 1530. The Hall–Kier alpha value is -5.06. The van der Waals surface area contributed by atoms with E-state index >= 15 is 0 Å². The lowest BCUT2D eigenvalue weighted by Gasteiger charge is -2.11. The standard InChI is InChI=1S/C27H22FN5O5/c1-2-29-25(34)16-7-10-20(11-8-16)33-23(15-37-21-5-3-4-18(28)12-21)24(31-32-33)26(35)30-19-9-6-17-14-38-27(36)22(17)13-19/h3-13H,2,14-15H2,1H3,(H,29,34)(H,30,35). The summed E-state index contributed by atoms with van der Waals surface area (Å²) in [5.41, 5.74) is 2.75. The number of fused-ring (bicyclic) bond motifs is 1. The molecule has 0 bridgehead atoms. The quantitative estimate of drug-likeness (QED) is 0.343. The fourth-order valence-corrected chi connectivity index (χ4v) is 3.92. The monoisotopic (exact) mass is 515 g/mol. The zero-order chi connectivity index (χ0) is 26.6. The molecule has 38 heavy (non-hydrogen) atoms. The lowest BCUT2D eigenvalue weighted by Crippen LogP contribution is -2.22. The summed E-state index contributed by atoms with van der Waals surface area (Å²) in [7, 11) is 0. The number of ether oxygens (including phenoxy) is 2. The highest BCUT2D eigenvalue weighted by Crippen LogP contribution is 2.24. The third-order valence-corrected chi connectivity index (χ3v) is 5.81. The van der Waals surface area contributed by atoms with Crippen LogP contribution in [0.1, 0.15) is 49.4 Å². The zero-order valence-corrected chi connectivity index (χ0v) is 20.2. The number of carbonyl (C=O) groups excluding carboxylic acids is 3. The molecule has 2 amide bonds. The summed E-state index contributed by atoms with van der Waals surface area (Å²) < 4.78 is 25.8. The van der Waals surface area contributed by atoms with Crippen LogP contribution in [0.4, 0.5) is 10.1 Å². The van der Waals surface area contributed by atoms with Gasteiger partial charge in [0, 0.05) is 29.4 Å². The fourth-order valence-electron chi connectivity index (χ4n) is 3.92. The maximum absolute atomic E-state index is 13.7. The van der Waals surface area contributed by atoms with Gasteiger partial charge >= 0.3 is 5.97 Å². The maximum Gasteiger partial charge on any atom is 0.338 e. The maximum atomic E-state index is 13.7. The van der Waals surface area contributed by atoms with Crippen LogP contribution in [0.15, 0.2) is 66.7 Å². The molecule has 1 aromatic heterocycles. The highest BCUT2D eigenvalue weighted by Gasteiger charge is 2.24. The Morgan fingerprint density at radius 1 is 1.08 bits per heavy atom. The second kappa shape index (κ2) is 10.5. The van der Waals surface area contributed by atoms with Gasteiger partial charge in [0.25, 0.3) is 11.8 Å². The topological polar surface area (TPSA) is 124 Å². The summed E-state index contributed by atoms with van der Waals surface area (Å²) in [5.74, 6) is -1.47. The van der Waals surface area contributed by atoms with E-state index in [1.807, 2.05) is 6.92 Å². The number of rotatable bonds is 8. The Kier molecular flexibility index (Phi) is 6.81. The van der Waals surface area contributed by atoms with Gasteiger partial charge in [-0.15, -0.1) is 5.10 Å². The van der Waals surface area contributed by atoms with Crippen molar-refractivity contribution in [2.45, 2.75) is 20.1 Å². The summed E-state index contributed by atoms with van der Waals surface area (Å²) in [5, 5.41) is 13.7. The first kappa shape index (κ1) is 24.6. The number of carbonyl (C=O) groups is 3. The summed E-state index contributed by atoms with van der Waals surface area (Å²) in [6.45, 7) is 2.35. The lowest BCUT2D eigenvalue weighted by atomic mass is 10.1. The molecule has 5 rings (SSSR count). The number of hydrogen-bond donors (Lipinski definition) is 2. The molecule has 0 saturated heterocycles. The van der Waals surface area contributed by atoms with Crippen molar-refractivity contribution in [2.75, 3.05) is 11.9 Å². The molecule has 0 spiro atoms. The fraction of sp³-hybridized carbons (Fsp3) is 0.148. The van der Waals surface area contributed by atoms with Crippen LogP contribution in [-0.4, -0.2) is 39.3 Å². The van der Waals surface area contributed by atoms with Crippen molar-refractivity contribution >= 4 is 23.5 Å². The van der Waals surface area contributed by atoms with Gasteiger partial charge in [-0.2, -0.15) is 0 Å². The van der Waals surface area contributed by atoms with Gasteiger partial charge in [-0.25, -0.2) is 13.9 Å². The smallest absolute Gasteiger partial charge is 0.338 e. The third kappa shape index (κ3) is 5.07. The van der Waals surface area contributed by atoms with E-state index in [-0.39, 0.29) is 36.3 Å². The molecule has 1 aliphatic heterocycles. The minimum Gasteiger partial charge on any atom is -0.487 e. The first-order valence-electron chi connectivity index (χ1n) is 11.8. The average molecular weight is 516 g/mol. The molecule has 2 N–H and O–H groups in total. The van der Waals surface area contributed by atoms with Crippen LogP contribution in [0.5, 0.6) is 5.75 Å². The number of aromatic nitrogens is 3. The molecule has 0 saturated carbocycles. The van der Waals surface area contributed by atoms with Gasteiger partial charge in [0.05, 0.1) is 11.3 Å². The second-order valence-electron chi connectivity index (χ2n) is 8.35. The van der Waals surface area contributed by atoms with Gasteiger partial charge < -0.3 is 20.1 Å². The van der Waals surface area contributed by atoms with Crippen molar-refractivity contribution in [2.24, 2.45) is 0 Å². The van der Waals surface area contributed by atoms with E-state index in [0.29, 0.717) is 29.0 Å². The van der Waals surface area contributed by atoms with Crippen LogP contribution < -0.4 is 15.4 Å². The average Bonchev–Trinajstić information content (AvgIpc) is 3.51. The predicted octanol–water partition coefficient (Wildman–Crippen LogP) is 3.66. The molecule has 0 radical (unpaired) electrons. The Labute approximate surface area is 216 Å². The largest absolute Gasteiger partial charge is 0.487 e.